The third-order valence-corrected chi connectivity index (χ3v) is 4.50. The predicted octanol–water partition coefficient (Wildman–Crippen LogP) is 3.36. The summed E-state index contributed by atoms with van der Waals surface area (Å²) >= 11 is 0. The molecule has 1 aliphatic heterocycles. The second-order valence-corrected chi connectivity index (χ2v) is 6.84. The van der Waals surface area contributed by atoms with Crippen LogP contribution in [0.25, 0.3) is 0 Å². The summed E-state index contributed by atoms with van der Waals surface area (Å²) in [5.74, 6) is 0.974. The Morgan fingerprint density at radius 1 is 1.19 bits per heavy atom. The first kappa shape index (κ1) is 14.9. The summed E-state index contributed by atoms with van der Waals surface area (Å²) in [6.07, 6.45) is 4.34. The molecule has 0 spiro atoms. The third-order valence-electron chi connectivity index (χ3n) is 4.50. The summed E-state index contributed by atoms with van der Waals surface area (Å²) in [5.41, 5.74) is 1.32. The zero-order valence-corrected chi connectivity index (χ0v) is 13.5. The fourth-order valence-corrected chi connectivity index (χ4v) is 3.27. The Balaban J connectivity index is 1.56. The first-order valence-corrected chi connectivity index (χ1v) is 8.38. The van der Waals surface area contributed by atoms with Crippen LogP contribution in [0.4, 0.5) is 0 Å². The van der Waals surface area contributed by atoms with E-state index >= 15 is 0 Å². The van der Waals surface area contributed by atoms with Gasteiger partial charge in [0.25, 0.3) is 0 Å². The normalized spacial score (nSPS) is 24.5. The zero-order valence-electron chi connectivity index (χ0n) is 13.5. The molecule has 1 aromatic carbocycles. The van der Waals surface area contributed by atoms with Crippen molar-refractivity contribution in [1.29, 1.82) is 0 Å². The number of benzene rings is 1. The largest absolute Gasteiger partial charge is 0.491 e. The molecule has 0 radical (unpaired) electrons. The van der Waals surface area contributed by atoms with Crippen LogP contribution in [-0.2, 0) is 0 Å². The molecule has 1 saturated heterocycles. The summed E-state index contributed by atoms with van der Waals surface area (Å²) in [6.45, 7) is 8.88. The van der Waals surface area contributed by atoms with Gasteiger partial charge < -0.3 is 10.1 Å². The minimum atomic E-state index is 0.227. The Labute approximate surface area is 128 Å². The molecule has 3 rings (SSSR count). The average molecular weight is 288 g/mol. The van der Waals surface area contributed by atoms with Crippen LogP contribution in [0.3, 0.4) is 0 Å². The first-order valence-electron chi connectivity index (χ1n) is 8.38. The number of hydrogen-bond donors (Lipinski definition) is 1. The van der Waals surface area contributed by atoms with Crippen LogP contribution in [0.2, 0.25) is 0 Å². The lowest BCUT2D eigenvalue weighted by molar-refractivity contribution is 0.242. The van der Waals surface area contributed by atoms with Gasteiger partial charge in [-0.3, -0.25) is 4.90 Å². The van der Waals surface area contributed by atoms with Crippen LogP contribution in [-0.4, -0.2) is 36.2 Å². The van der Waals surface area contributed by atoms with Gasteiger partial charge in [0.15, 0.2) is 0 Å². The average Bonchev–Trinajstić information content (AvgIpc) is 3.19. The van der Waals surface area contributed by atoms with Crippen LogP contribution in [0.1, 0.15) is 51.6 Å². The molecule has 0 aromatic heterocycles. The minimum absolute atomic E-state index is 0.227. The van der Waals surface area contributed by atoms with E-state index in [1.165, 1.54) is 37.9 Å². The van der Waals surface area contributed by atoms with Gasteiger partial charge in [-0.2, -0.15) is 0 Å². The van der Waals surface area contributed by atoms with E-state index in [2.05, 4.69) is 49.2 Å². The lowest BCUT2D eigenvalue weighted by Gasteiger charge is -2.21. The van der Waals surface area contributed by atoms with E-state index in [-0.39, 0.29) is 6.10 Å². The molecular weight excluding hydrogens is 260 g/mol. The van der Waals surface area contributed by atoms with Crippen LogP contribution >= 0.6 is 0 Å². The molecule has 3 heteroatoms. The Morgan fingerprint density at radius 3 is 2.71 bits per heavy atom. The molecule has 1 aliphatic carbocycles. The summed E-state index contributed by atoms with van der Waals surface area (Å²) in [6, 6.07) is 10.4. The maximum atomic E-state index is 5.80. The fourth-order valence-electron chi connectivity index (χ4n) is 3.27. The lowest BCUT2D eigenvalue weighted by atomic mass is 10.1. The molecular formula is C18H28N2O. The zero-order chi connectivity index (χ0) is 14.8. The van der Waals surface area contributed by atoms with Crippen molar-refractivity contribution in [2.24, 2.45) is 0 Å². The topological polar surface area (TPSA) is 24.5 Å². The molecule has 116 valence electrons. The molecule has 0 bridgehead atoms. The quantitative estimate of drug-likeness (QED) is 0.868. The van der Waals surface area contributed by atoms with Crippen molar-refractivity contribution in [2.45, 2.75) is 64.3 Å². The fraction of sp³-hybridized carbons (Fsp3) is 0.667. The highest BCUT2D eigenvalue weighted by Crippen LogP contribution is 2.30. The van der Waals surface area contributed by atoms with E-state index < -0.39 is 0 Å². The Kier molecular flexibility index (Phi) is 4.51. The van der Waals surface area contributed by atoms with Crippen molar-refractivity contribution in [3.63, 3.8) is 0 Å². The molecule has 2 aliphatic rings. The van der Waals surface area contributed by atoms with Crippen LogP contribution < -0.4 is 10.1 Å². The van der Waals surface area contributed by atoms with Crippen molar-refractivity contribution in [3.8, 4) is 5.75 Å². The van der Waals surface area contributed by atoms with Crippen molar-refractivity contribution < 1.29 is 4.74 Å². The summed E-state index contributed by atoms with van der Waals surface area (Å²) < 4.78 is 5.80. The minimum Gasteiger partial charge on any atom is -0.491 e. The number of ether oxygens (including phenoxy) is 1. The summed E-state index contributed by atoms with van der Waals surface area (Å²) in [4.78, 5) is 2.66. The monoisotopic (exact) mass is 288 g/mol. The molecule has 1 N–H and O–H groups in total. The molecule has 2 unspecified atom stereocenters. The number of nitrogens with zero attached hydrogens (tertiary/aromatic N) is 1. The molecule has 0 amide bonds. The van der Waals surface area contributed by atoms with E-state index in [1.807, 2.05) is 6.07 Å². The van der Waals surface area contributed by atoms with Crippen molar-refractivity contribution in [1.82, 2.24) is 10.2 Å². The van der Waals surface area contributed by atoms with Gasteiger partial charge >= 0.3 is 0 Å². The number of nitrogens with one attached hydrogen (secondary N) is 1. The molecule has 21 heavy (non-hydrogen) atoms. The van der Waals surface area contributed by atoms with Gasteiger partial charge in [0.2, 0.25) is 0 Å². The molecule has 2 fully saturated rings. The van der Waals surface area contributed by atoms with Crippen molar-refractivity contribution >= 4 is 0 Å². The van der Waals surface area contributed by atoms with E-state index in [4.69, 9.17) is 4.74 Å². The second kappa shape index (κ2) is 6.37. The third kappa shape index (κ3) is 3.98. The van der Waals surface area contributed by atoms with E-state index in [0.717, 1.165) is 11.8 Å². The van der Waals surface area contributed by atoms with Gasteiger partial charge in [0.1, 0.15) is 5.75 Å². The van der Waals surface area contributed by atoms with Crippen LogP contribution in [0, 0.1) is 0 Å². The Morgan fingerprint density at radius 2 is 2.00 bits per heavy atom. The van der Waals surface area contributed by atoms with Crippen LogP contribution in [0.5, 0.6) is 5.75 Å². The molecule has 1 saturated carbocycles. The standard InChI is InChI=1S/C18H28N2O/c1-13(2)21-18-6-4-5-15(11-18)14(3)19-16-9-10-20(12-16)17-7-8-17/h4-6,11,13-14,16-17,19H,7-10,12H2,1-3H3. The summed E-state index contributed by atoms with van der Waals surface area (Å²) in [7, 11) is 0. The van der Waals surface area contributed by atoms with Crippen molar-refractivity contribution in [3.05, 3.63) is 29.8 Å². The van der Waals surface area contributed by atoms with Gasteiger partial charge in [-0.05, 0) is 57.7 Å². The highest BCUT2D eigenvalue weighted by molar-refractivity contribution is 5.30. The number of likely N-dealkylation sites (tertiary alicyclic amines) is 1. The Bertz CT molecular complexity index is 470. The Hall–Kier alpha value is -1.06. The SMILES string of the molecule is CC(C)Oc1cccc(C(C)NC2CCN(C3CC3)C2)c1. The van der Waals surface area contributed by atoms with E-state index in [0.29, 0.717) is 12.1 Å². The molecule has 1 aromatic rings. The smallest absolute Gasteiger partial charge is 0.120 e. The molecule has 1 heterocycles. The predicted molar refractivity (Wildman–Crippen MR) is 86.8 cm³/mol. The molecule has 2 atom stereocenters. The van der Waals surface area contributed by atoms with E-state index in [1.54, 1.807) is 0 Å². The lowest BCUT2D eigenvalue weighted by Crippen LogP contribution is -2.34. The first-order chi connectivity index (χ1) is 10.1. The van der Waals surface area contributed by atoms with Gasteiger partial charge in [0.05, 0.1) is 6.10 Å². The molecule has 3 nitrogen and oxygen atoms in total. The van der Waals surface area contributed by atoms with Gasteiger partial charge in [-0.1, -0.05) is 12.1 Å². The maximum Gasteiger partial charge on any atom is 0.120 e. The number of rotatable bonds is 6. The highest BCUT2D eigenvalue weighted by Gasteiger charge is 2.34. The highest BCUT2D eigenvalue weighted by atomic mass is 16.5. The van der Waals surface area contributed by atoms with Gasteiger partial charge in [0, 0.05) is 31.2 Å². The van der Waals surface area contributed by atoms with Crippen molar-refractivity contribution in [2.75, 3.05) is 13.1 Å². The summed E-state index contributed by atoms with van der Waals surface area (Å²) in [5, 5.41) is 3.79. The second-order valence-electron chi connectivity index (χ2n) is 6.84. The maximum absolute atomic E-state index is 5.80. The van der Waals surface area contributed by atoms with Crippen LogP contribution in [0.15, 0.2) is 24.3 Å². The number of hydrogen-bond acceptors (Lipinski definition) is 3. The van der Waals surface area contributed by atoms with Gasteiger partial charge in [-0.25, -0.2) is 0 Å². The van der Waals surface area contributed by atoms with Gasteiger partial charge in [-0.15, -0.1) is 0 Å². The van der Waals surface area contributed by atoms with E-state index in [9.17, 15) is 0 Å².